The summed E-state index contributed by atoms with van der Waals surface area (Å²) in [4.78, 5) is 28.5. The molecule has 7 nitrogen and oxygen atoms in total. The molecule has 2 aliphatic rings. The minimum atomic E-state index is -0.116. The van der Waals surface area contributed by atoms with Crippen molar-refractivity contribution in [3.8, 4) is 0 Å². The molecule has 2 amide bonds. The maximum atomic E-state index is 12.9. The lowest BCUT2D eigenvalue weighted by molar-refractivity contribution is 0.0123. The number of thiophene rings is 1. The summed E-state index contributed by atoms with van der Waals surface area (Å²) < 4.78 is 7.43. The maximum Gasteiger partial charge on any atom is 0.269 e. The molecule has 0 unspecified atom stereocenters. The van der Waals surface area contributed by atoms with Crippen LogP contribution in [0.25, 0.3) is 0 Å². The number of amides is 2. The van der Waals surface area contributed by atoms with Crippen LogP contribution in [-0.2, 0) is 11.3 Å². The van der Waals surface area contributed by atoms with E-state index in [1.54, 1.807) is 24.1 Å². The van der Waals surface area contributed by atoms with Crippen molar-refractivity contribution in [1.82, 2.24) is 20.0 Å². The summed E-state index contributed by atoms with van der Waals surface area (Å²) in [5.41, 5.74) is 1.61. The van der Waals surface area contributed by atoms with Crippen LogP contribution in [0.1, 0.15) is 45.5 Å². The van der Waals surface area contributed by atoms with Crippen molar-refractivity contribution in [2.24, 2.45) is 11.8 Å². The molecule has 8 heteroatoms. The summed E-state index contributed by atoms with van der Waals surface area (Å²) in [7, 11) is 1.70. The number of methoxy groups -OCH3 is 1. The third kappa shape index (κ3) is 3.83. The molecule has 4 atom stereocenters. The van der Waals surface area contributed by atoms with Gasteiger partial charge in [0.05, 0.1) is 17.0 Å². The van der Waals surface area contributed by atoms with Crippen molar-refractivity contribution in [3.05, 3.63) is 39.8 Å². The molecule has 2 aromatic rings. The first-order chi connectivity index (χ1) is 14.0. The number of carbonyl (C=O) groups excluding carboxylic acids is 2. The molecule has 1 saturated carbocycles. The fourth-order valence-electron chi connectivity index (χ4n) is 4.75. The van der Waals surface area contributed by atoms with Crippen LogP contribution in [0, 0.1) is 18.8 Å². The van der Waals surface area contributed by atoms with Crippen LogP contribution >= 0.6 is 11.3 Å². The molecule has 156 valence electrons. The zero-order valence-electron chi connectivity index (χ0n) is 17.1. The zero-order chi connectivity index (χ0) is 20.5. The normalized spacial score (nSPS) is 26.4. The van der Waals surface area contributed by atoms with Crippen molar-refractivity contribution in [2.75, 3.05) is 20.2 Å². The Morgan fingerprint density at radius 2 is 2.03 bits per heavy atom. The molecular formula is C21H28N4O3S. The Bertz CT molecular complexity index is 892. The molecular weight excluding hydrogens is 388 g/mol. The van der Waals surface area contributed by atoms with Crippen LogP contribution < -0.4 is 5.32 Å². The Hall–Kier alpha value is -2.19. The Morgan fingerprint density at radius 1 is 1.28 bits per heavy atom. The number of hydrogen-bond donors (Lipinski definition) is 1. The van der Waals surface area contributed by atoms with E-state index in [0.717, 1.165) is 36.4 Å². The maximum absolute atomic E-state index is 12.9. The third-order valence-electron chi connectivity index (χ3n) is 6.33. The van der Waals surface area contributed by atoms with E-state index >= 15 is 0 Å². The minimum Gasteiger partial charge on any atom is -0.379 e. The van der Waals surface area contributed by atoms with Gasteiger partial charge in [0.15, 0.2) is 0 Å². The van der Waals surface area contributed by atoms with Crippen molar-refractivity contribution < 1.29 is 14.3 Å². The van der Waals surface area contributed by atoms with E-state index in [9.17, 15) is 9.59 Å². The summed E-state index contributed by atoms with van der Waals surface area (Å²) in [5.74, 6) is 0.814. The first-order valence-corrected chi connectivity index (χ1v) is 11.1. The van der Waals surface area contributed by atoms with E-state index < -0.39 is 0 Å². The molecule has 0 aromatic carbocycles. The Labute approximate surface area is 175 Å². The molecule has 1 saturated heterocycles. The number of nitrogens with one attached hydrogen (secondary N) is 1. The molecule has 2 aromatic heterocycles. The Morgan fingerprint density at radius 3 is 2.69 bits per heavy atom. The number of nitrogens with zero attached hydrogens (tertiary/aromatic N) is 3. The lowest BCUT2D eigenvalue weighted by Crippen LogP contribution is -2.50. The van der Waals surface area contributed by atoms with Gasteiger partial charge in [-0.25, -0.2) is 0 Å². The summed E-state index contributed by atoms with van der Waals surface area (Å²) in [6, 6.07) is 3.67. The van der Waals surface area contributed by atoms with Crippen LogP contribution in [0.3, 0.4) is 0 Å². The highest BCUT2D eigenvalue weighted by Gasteiger charge is 2.44. The highest BCUT2D eigenvalue weighted by Crippen LogP contribution is 2.38. The summed E-state index contributed by atoms with van der Waals surface area (Å²) in [5, 5.41) is 9.32. The molecule has 2 fully saturated rings. The lowest BCUT2D eigenvalue weighted by atomic mass is 9.77. The van der Waals surface area contributed by atoms with Gasteiger partial charge in [-0.05, 0) is 61.6 Å². The summed E-state index contributed by atoms with van der Waals surface area (Å²) in [6.45, 7) is 6.12. The van der Waals surface area contributed by atoms with Crippen LogP contribution in [-0.4, -0.2) is 58.8 Å². The number of carbonyl (C=O) groups is 2. The number of fused-ring (bicyclic) bond motifs is 1. The highest BCUT2D eigenvalue weighted by molar-refractivity contribution is 7.12. The predicted molar refractivity (Wildman–Crippen MR) is 111 cm³/mol. The summed E-state index contributed by atoms with van der Waals surface area (Å²) in [6.07, 6.45) is 3.28. The van der Waals surface area contributed by atoms with Gasteiger partial charge in [0.1, 0.15) is 5.69 Å². The van der Waals surface area contributed by atoms with Gasteiger partial charge < -0.3 is 15.0 Å². The van der Waals surface area contributed by atoms with Crippen LogP contribution in [0.4, 0.5) is 0 Å². The second-order valence-corrected chi connectivity index (χ2v) is 8.94. The monoisotopic (exact) mass is 416 g/mol. The zero-order valence-corrected chi connectivity index (χ0v) is 17.9. The fraction of sp³-hybridized carbons (Fsp3) is 0.571. The number of likely N-dealkylation sites (tertiary alicyclic amines) is 1. The van der Waals surface area contributed by atoms with Gasteiger partial charge >= 0.3 is 0 Å². The van der Waals surface area contributed by atoms with E-state index in [4.69, 9.17) is 4.74 Å². The average molecular weight is 417 g/mol. The fourth-order valence-corrected chi connectivity index (χ4v) is 5.64. The van der Waals surface area contributed by atoms with Crippen LogP contribution in [0.15, 0.2) is 23.7 Å². The second-order valence-electron chi connectivity index (χ2n) is 8.02. The number of hydrogen-bond acceptors (Lipinski definition) is 5. The SMILES string of the molecule is CCn1nccc1C(=O)N[C@H]1C[C@H]2CN(C(=O)c3sccc3C)C[C@H]2C[C@@H]1OC. The minimum absolute atomic E-state index is 0.0447. The number of aryl methyl sites for hydroxylation is 2. The van der Waals surface area contributed by atoms with Gasteiger partial charge in [-0.15, -0.1) is 11.3 Å². The second kappa shape index (κ2) is 8.28. The smallest absolute Gasteiger partial charge is 0.269 e. The number of ether oxygens (including phenoxy) is 1. The van der Waals surface area contributed by atoms with Gasteiger partial charge in [0, 0.05) is 32.9 Å². The highest BCUT2D eigenvalue weighted by atomic mass is 32.1. The van der Waals surface area contributed by atoms with E-state index in [1.807, 2.05) is 30.2 Å². The quantitative estimate of drug-likeness (QED) is 0.813. The molecule has 0 radical (unpaired) electrons. The average Bonchev–Trinajstić information content (AvgIpc) is 3.45. The van der Waals surface area contributed by atoms with Gasteiger partial charge in [-0.2, -0.15) is 5.10 Å². The summed E-state index contributed by atoms with van der Waals surface area (Å²) >= 11 is 1.51. The standard InChI is InChI=1S/C21H28N4O3S/c1-4-25-17(5-7-22-25)20(26)23-16-9-14-11-24(12-15(14)10-18(16)28-3)21(27)19-13(2)6-8-29-19/h5-8,14-16,18H,4,9-12H2,1-3H3,(H,23,26)/t14-,15+,16-,18-/m0/s1. The van der Waals surface area contributed by atoms with Gasteiger partial charge in [0.2, 0.25) is 0 Å². The number of aromatic nitrogens is 2. The van der Waals surface area contributed by atoms with Gasteiger partial charge in [-0.1, -0.05) is 0 Å². The first-order valence-electron chi connectivity index (χ1n) is 10.2. The van der Waals surface area contributed by atoms with E-state index in [2.05, 4.69) is 10.4 Å². The lowest BCUT2D eigenvalue weighted by Gasteiger charge is -2.37. The number of rotatable bonds is 5. The van der Waals surface area contributed by atoms with Crippen molar-refractivity contribution >= 4 is 23.2 Å². The molecule has 0 spiro atoms. The van der Waals surface area contributed by atoms with E-state index in [0.29, 0.717) is 24.1 Å². The van der Waals surface area contributed by atoms with Crippen LogP contribution in [0.5, 0.6) is 0 Å². The topological polar surface area (TPSA) is 76.5 Å². The molecule has 1 aliphatic heterocycles. The van der Waals surface area contributed by atoms with Crippen molar-refractivity contribution in [1.29, 1.82) is 0 Å². The third-order valence-corrected chi connectivity index (χ3v) is 7.33. The molecule has 3 heterocycles. The van der Waals surface area contributed by atoms with Crippen LogP contribution in [0.2, 0.25) is 0 Å². The van der Waals surface area contributed by atoms with Gasteiger partial charge in [-0.3, -0.25) is 14.3 Å². The molecule has 1 aliphatic carbocycles. The first kappa shape index (κ1) is 20.1. The van der Waals surface area contributed by atoms with Crippen molar-refractivity contribution in [3.63, 3.8) is 0 Å². The molecule has 4 rings (SSSR count). The predicted octanol–water partition coefficient (Wildman–Crippen LogP) is 2.57. The molecule has 29 heavy (non-hydrogen) atoms. The van der Waals surface area contributed by atoms with Crippen molar-refractivity contribution in [2.45, 2.75) is 45.4 Å². The van der Waals surface area contributed by atoms with Gasteiger partial charge in [0.25, 0.3) is 11.8 Å². The Balaban J connectivity index is 1.44. The largest absolute Gasteiger partial charge is 0.379 e. The molecule has 0 bridgehead atoms. The molecule has 1 N–H and O–H groups in total. The van der Waals surface area contributed by atoms with E-state index in [1.165, 1.54) is 11.3 Å². The van der Waals surface area contributed by atoms with E-state index in [-0.39, 0.29) is 24.0 Å². The Kier molecular flexibility index (Phi) is 5.74.